The van der Waals surface area contributed by atoms with Gasteiger partial charge in [0, 0.05) is 23.6 Å². The van der Waals surface area contributed by atoms with Crippen LogP contribution in [0.15, 0.2) is 34.9 Å². The van der Waals surface area contributed by atoms with E-state index in [1.165, 1.54) is 0 Å². The number of carbonyl (C=O) groups excluding carboxylic acids is 1. The topological polar surface area (TPSA) is 30.2 Å². The molecule has 0 aliphatic heterocycles. The number of carbonyl (C=O) groups is 1. The number of aldehydes is 1. The SMILES string of the molecule is O=CCCc1occ2ccccc12. The van der Waals surface area contributed by atoms with Gasteiger partial charge in [-0.2, -0.15) is 0 Å². The maximum absolute atomic E-state index is 10.2. The van der Waals surface area contributed by atoms with E-state index in [2.05, 4.69) is 0 Å². The summed E-state index contributed by atoms with van der Waals surface area (Å²) < 4.78 is 5.36. The van der Waals surface area contributed by atoms with Gasteiger partial charge in [-0.25, -0.2) is 0 Å². The van der Waals surface area contributed by atoms with Gasteiger partial charge in [-0.3, -0.25) is 0 Å². The summed E-state index contributed by atoms with van der Waals surface area (Å²) in [5, 5.41) is 2.22. The molecule has 0 saturated carbocycles. The molecule has 0 amide bonds. The Balaban J connectivity index is 2.40. The van der Waals surface area contributed by atoms with E-state index >= 15 is 0 Å². The van der Waals surface area contributed by atoms with Crippen LogP contribution in [0.3, 0.4) is 0 Å². The minimum Gasteiger partial charge on any atom is -0.468 e. The smallest absolute Gasteiger partial charge is 0.120 e. The molecule has 2 heteroatoms. The Bertz CT molecular complexity index is 415. The maximum atomic E-state index is 10.2. The second-order valence-corrected chi connectivity index (χ2v) is 2.95. The van der Waals surface area contributed by atoms with Crippen LogP contribution in [0.2, 0.25) is 0 Å². The van der Waals surface area contributed by atoms with Gasteiger partial charge >= 0.3 is 0 Å². The van der Waals surface area contributed by atoms with Crippen LogP contribution >= 0.6 is 0 Å². The number of benzene rings is 1. The van der Waals surface area contributed by atoms with Gasteiger partial charge in [-0.05, 0) is 0 Å². The predicted octanol–water partition coefficient (Wildman–Crippen LogP) is 2.56. The van der Waals surface area contributed by atoms with Crippen LogP contribution in [0, 0.1) is 0 Å². The molecule has 1 heterocycles. The molecule has 0 spiro atoms. The largest absolute Gasteiger partial charge is 0.468 e. The van der Waals surface area contributed by atoms with Crippen LogP contribution in [-0.2, 0) is 11.2 Å². The third kappa shape index (κ3) is 1.47. The van der Waals surface area contributed by atoms with Crippen molar-refractivity contribution in [3.05, 3.63) is 36.3 Å². The summed E-state index contributed by atoms with van der Waals surface area (Å²) in [4.78, 5) is 10.2. The van der Waals surface area contributed by atoms with Gasteiger partial charge in [0.15, 0.2) is 0 Å². The number of aryl methyl sites for hydroxylation is 1. The molecule has 0 unspecified atom stereocenters. The zero-order valence-corrected chi connectivity index (χ0v) is 7.19. The highest BCUT2D eigenvalue weighted by atomic mass is 16.3. The van der Waals surface area contributed by atoms with Crippen molar-refractivity contribution in [2.75, 3.05) is 0 Å². The number of furan rings is 1. The van der Waals surface area contributed by atoms with Gasteiger partial charge < -0.3 is 9.21 Å². The molecule has 2 nitrogen and oxygen atoms in total. The Morgan fingerprint density at radius 1 is 1.31 bits per heavy atom. The summed E-state index contributed by atoms with van der Waals surface area (Å²) in [7, 11) is 0. The summed E-state index contributed by atoms with van der Waals surface area (Å²) in [6.45, 7) is 0. The second-order valence-electron chi connectivity index (χ2n) is 2.95. The standard InChI is InChI=1S/C11H10O2/c12-7-3-6-11-10-5-2-1-4-9(10)8-13-11/h1-2,4-5,7-8H,3,6H2. The fourth-order valence-corrected chi connectivity index (χ4v) is 1.44. The molecular formula is C11H10O2. The molecule has 1 aromatic carbocycles. The van der Waals surface area contributed by atoms with Crippen LogP contribution in [0.4, 0.5) is 0 Å². The number of rotatable bonds is 3. The lowest BCUT2D eigenvalue weighted by molar-refractivity contribution is -0.107. The van der Waals surface area contributed by atoms with Gasteiger partial charge in [0.25, 0.3) is 0 Å². The molecule has 1 aromatic heterocycles. The van der Waals surface area contributed by atoms with Crippen molar-refractivity contribution in [1.82, 2.24) is 0 Å². The first-order valence-electron chi connectivity index (χ1n) is 4.30. The Hall–Kier alpha value is -1.57. The van der Waals surface area contributed by atoms with E-state index in [0.717, 1.165) is 22.8 Å². The van der Waals surface area contributed by atoms with Gasteiger partial charge in [-0.1, -0.05) is 24.3 Å². The maximum Gasteiger partial charge on any atom is 0.120 e. The molecule has 0 aliphatic carbocycles. The lowest BCUT2D eigenvalue weighted by Gasteiger charge is -1.91. The van der Waals surface area contributed by atoms with Gasteiger partial charge in [0.2, 0.25) is 0 Å². The highest BCUT2D eigenvalue weighted by Gasteiger charge is 2.03. The third-order valence-electron chi connectivity index (χ3n) is 2.08. The lowest BCUT2D eigenvalue weighted by Crippen LogP contribution is -1.82. The van der Waals surface area contributed by atoms with Crippen molar-refractivity contribution in [3.63, 3.8) is 0 Å². The van der Waals surface area contributed by atoms with E-state index in [1.54, 1.807) is 6.26 Å². The van der Waals surface area contributed by atoms with Crippen LogP contribution in [-0.4, -0.2) is 6.29 Å². The molecular weight excluding hydrogens is 164 g/mol. The fraction of sp³-hybridized carbons (Fsp3) is 0.182. The normalized spacial score (nSPS) is 10.5. The average Bonchev–Trinajstić information content (AvgIpc) is 2.58. The molecule has 0 atom stereocenters. The molecule has 66 valence electrons. The van der Waals surface area contributed by atoms with E-state index in [1.807, 2.05) is 24.3 Å². The summed E-state index contributed by atoms with van der Waals surface area (Å²) in [6.07, 6.45) is 3.86. The number of hydrogen-bond acceptors (Lipinski definition) is 2. The average molecular weight is 174 g/mol. The van der Waals surface area contributed by atoms with Crippen molar-refractivity contribution in [3.8, 4) is 0 Å². The van der Waals surface area contributed by atoms with Crippen LogP contribution < -0.4 is 0 Å². The molecule has 0 radical (unpaired) electrons. The van der Waals surface area contributed by atoms with Crippen molar-refractivity contribution in [2.24, 2.45) is 0 Å². The number of hydrogen-bond donors (Lipinski definition) is 0. The fourth-order valence-electron chi connectivity index (χ4n) is 1.44. The van der Waals surface area contributed by atoms with Gasteiger partial charge in [0.1, 0.15) is 12.0 Å². The first-order chi connectivity index (χ1) is 6.42. The Labute approximate surface area is 76.2 Å². The zero-order chi connectivity index (χ0) is 9.10. The number of fused-ring (bicyclic) bond motifs is 1. The first-order valence-corrected chi connectivity index (χ1v) is 4.30. The van der Waals surface area contributed by atoms with Crippen LogP contribution in [0.5, 0.6) is 0 Å². The van der Waals surface area contributed by atoms with Crippen molar-refractivity contribution < 1.29 is 9.21 Å². The Kier molecular flexibility index (Phi) is 2.13. The van der Waals surface area contributed by atoms with Crippen molar-refractivity contribution in [1.29, 1.82) is 0 Å². The monoisotopic (exact) mass is 174 g/mol. The Morgan fingerprint density at radius 2 is 2.15 bits per heavy atom. The Morgan fingerprint density at radius 3 is 3.00 bits per heavy atom. The quantitative estimate of drug-likeness (QED) is 0.669. The predicted molar refractivity (Wildman–Crippen MR) is 50.6 cm³/mol. The van der Waals surface area contributed by atoms with Gasteiger partial charge in [0.05, 0.1) is 6.26 Å². The summed E-state index contributed by atoms with van der Waals surface area (Å²) in [5.41, 5.74) is 0. The minimum absolute atomic E-state index is 0.525. The van der Waals surface area contributed by atoms with E-state index in [4.69, 9.17) is 4.42 Å². The molecule has 0 fully saturated rings. The van der Waals surface area contributed by atoms with E-state index in [9.17, 15) is 4.79 Å². The van der Waals surface area contributed by atoms with E-state index in [-0.39, 0.29) is 0 Å². The summed E-state index contributed by atoms with van der Waals surface area (Å²) in [5.74, 6) is 0.905. The van der Waals surface area contributed by atoms with E-state index < -0.39 is 0 Å². The summed E-state index contributed by atoms with van der Waals surface area (Å²) in [6, 6.07) is 7.96. The lowest BCUT2D eigenvalue weighted by atomic mass is 10.1. The molecule has 2 rings (SSSR count). The third-order valence-corrected chi connectivity index (χ3v) is 2.08. The zero-order valence-electron chi connectivity index (χ0n) is 7.19. The second kappa shape index (κ2) is 3.44. The van der Waals surface area contributed by atoms with Crippen molar-refractivity contribution in [2.45, 2.75) is 12.8 Å². The van der Waals surface area contributed by atoms with Crippen LogP contribution in [0.1, 0.15) is 12.2 Å². The molecule has 0 bridgehead atoms. The van der Waals surface area contributed by atoms with Gasteiger partial charge in [-0.15, -0.1) is 0 Å². The molecule has 0 saturated heterocycles. The minimum atomic E-state index is 0.525. The first kappa shape index (κ1) is 8.05. The van der Waals surface area contributed by atoms with Crippen molar-refractivity contribution >= 4 is 17.1 Å². The molecule has 13 heavy (non-hydrogen) atoms. The molecule has 2 aromatic rings. The summed E-state index contributed by atoms with van der Waals surface area (Å²) >= 11 is 0. The highest BCUT2D eigenvalue weighted by Crippen LogP contribution is 2.21. The van der Waals surface area contributed by atoms with E-state index in [0.29, 0.717) is 12.8 Å². The van der Waals surface area contributed by atoms with Crippen LogP contribution in [0.25, 0.3) is 10.8 Å². The highest BCUT2D eigenvalue weighted by molar-refractivity contribution is 5.84. The molecule has 0 aliphatic rings. The molecule has 0 N–H and O–H groups in total.